The molecule has 0 aromatic rings. The zero-order valence-corrected chi connectivity index (χ0v) is 17.3. The summed E-state index contributed by atoms with van der Waals surface area (Å²) in [7, 11) is 5.17. The van der Waals surface area contributed by atoms with Crippen LogP contribution in [0.15, 0.2) is 0 Å². The fraction of sp³-hybridized carbons (Fsp3) is 0.889. The molecule has 0 aromatic carbocycles. The van der Waals surface area contributed by atoms with E-state index in [1.54, 1.807) is 14.2 Å². The van der Waals surface area contributed by atoms with Crippen LogP contribution in [0.25, 0.3) is 0 Å². The molecule has 0 bridgehead atoms. The number of carbonyl (C=O) groups excluding carboxylic acids is 2. The highest BCUT2D eigenvalue weighted by Crippen LogP contribution is 2.28. The molecule has 11 heteroatoms. The molecular weight excluding hydrogens is 382 g/mol. The molecule has 2 fully saturated rings. The molecule has 1 saturated carbocycles. The summed E-state index contributed by atoms with van der Waals surface area (Å²) >= 11 is 0. The van der Waals surface area contributed by atoms with Gasteiger partial charge in [0.05, 0.1) is 36.9 Å². The Morgan fingerprint density at radius 1 is 1.34 bits per heavy atom. The topological polar surface area (TPSA) is 156 Å². The SMILES string of the molecule is CNCC1CCC(NC(=O)CNC=O)C(OC2C(N)CC(OC)C(NC)C2O)O1. The first-order chi connectivity index (χ1) is 13.9. The maximum atomic E-state index is 12.1. The number of hydrogen-bond donors (Lipinski definition) is 6. The molecule has 2 amide bonds. The van der Waals surface area contributed by atoms with Gasteiger partial charge < -0.3 is 46.3 Å². The lowest BCUT2D eigenvalue weighted by molar-refractivity contribution is -0.253. The maximum absolute atomic E-state index is 12.1. The number of amides is 2. The van der Waals surface area contributed by atoms with Gasteiger partial charge in [-0.15, -0.1) is 0 Å². The molecular formula is C18H35N5O6. The summed E-state index contributed by atoms with van der Waals surface area (Å²) in [6.07, 6.45) is -0.348. The Bertz CT molecular complexity index is 527. The molecule has 1 heterocycles. The van der Waals surface area contributed by atoms with Crippen molar-refractivity contribution in [2.45, 2.75) is 68.1 Å². The quantitative estimate of drug-likeness (QED) is 0.204. The van der Waals surface area contributed by atoms with Crippen LogP contribution in [0.4, 0.5) is 0 Å². The lowest BCUT2D eigenvalue weighted by Gasteiger charge is -2.46. The van der Waals surface area contributed by atoms with Crippen molar-refractivity contribution in [2.24, 2.45) is 5.73 Å². The molecule has 8 unspecified atom stereocenters. The average molecular weight is 418 g/mol. The molecule has 1 saturated heterocycles. The highest BCUT2D eigenvalue weighted by Gasteiger charge is 2.46. The monoisotopic (exact) mass is 417 g/mol. The molecule has 168 valence electrons. The van der Waals surface area contributed by atoms with Crippen LogP contribution in [0.5, 0.6) is 0 Å². The van der Waals surface area contributed by atoms with Crippen molar-refractivity contribution < 1.29 is 28.9 Å². The van der Waals surface area contributed by atoms with E-state index in [1.807, 2.05) is 7.05 Å². The van der Waals surface area contributed by atoms with Gasteiger partial charge in [0, 0.05) is 19.7 Å². The molecule has 0 radical (unpaired) electrons. The summed E-state index contributed by atoms with van der Waals surface area (Å²) in [6.45, 7) is 0.507. The maximum Gasteiger partial charge on any atom is 0.239 e. The average Bonchev–Trinajstić information content (AvgIpc) is 2.71. The van der Waals surface area contributed by atoms with E-state index < -0.39 is 30.6 Å². The Balaban J connectivity index is 2.09. The molecule has 0 aromatic heterocycles. The number of carbonyl (C=O) groups is 2. The van der Waals surface area contributed by atoms with E-state index in [1.165, 1.54) is 0 Å². The summed E-state index contributed by atoms with van der Waals surface area (Å²) in [5, 5.41) is 22.1. The normalized spacial score (nSPS) is 37.7. The first kappa shape index (κ1) is 23.9. The van der Waals surface area contributed by atoms with Crippen molar-refractivity contribution in [3.63, 3.8) is 0 Å². The zero-order chi connectivity index (χ0) is 21.4. The highest BCUT2D eigenvalue weighted by molar-refractivity contribution is 5.80. The van der Waals surface area contributed by atoms with E-state index in [2.05, 4.69) is 21.3 Å². The van der Waals surface area contributed by atoms with Crippen LogP contribution in [-0.2, 0) is 23.8 Å². The lowest BCUT2D eigenvalue weighted by atomic mass is 9.84. The Kier molecular flexibility index (Phi) is 9.69. The van der Waals surface area contributed by atoms with Gasteiger partial charge in [0.1, 0.15) is 6.10 Å². The van der Waals surface area contributed by atoms with Gasteiger partial charge in [0.2, 0.25) is 12.3 Å². The Hall–Kier alpha value is -1.34. The van der Waals surface area contributed by atoms with Crippen LogP contribution in [0.1, 0.15) is 19.3 Å². The van der Waals surface area contributed by atoms with Crippen LogP contribution < -0.4 is 27.0 Å². The predicted molar refractivity (Wildman–Crippen MR) is 105 cm³/mol. The Labute approximate surface area is 171 Å². The predicted octanol–water partition coefficient (Wildman–Crippen LogP) is -2.98. The van der Waals surface area contributed by atoms with E-state index in [-0.39, 0.29) is 30.7 Å². The van der Waals surface area contributed by atoms with Crippen LogP contribution in [-0.4, -0.2) is 101 Å². The molecule has 8 atom stereocenters. The van der Waals surface area contributed by atoms with Crippen LogP contribution in [0.3, 0.4) is 0 Å². The van der Waals surface area contributed by atoms with Gasteiger partial charge in [-0.05, 0) is 33.4 Å². The van der Waals surface area contributed by atoms with Gasteiger partial charge in [-0.1, -0.05) is 0 Å². The number of methoxy groups -OCH3 is 1. The molecule has 1 aliphatic heterocycles. The first-order valence-corrected chi connectivity index (χ1v) is 10.0. The standard InChI is InChI=1S/C18H35N5O6/c1-20-7-10-4-5-12(23-14(25)8-22-9-24)18(28-10)29-17-11(19)6-13(27-3)15(21-2)16(17)26/h9-13,15-18,20-21,26H,4-8,19H2,1-3H3,(H,22,24)(H,23,25). The summed E-state index contributed by atoms with van der Waals surface area (Å²) in [6, 6.07) is -1.22. The van der Waals surface area contributed by atoms with Crippen molar-refractivity contribution in [3.05, 3.63) is 0 Å². The van der Waals surface area contributed by atoms with E-state index in [4.69, 9.17) is 19.9 Å². The fourth-order valence-corrected chi connectivity index (χ4v) is 4.05. The van der Waals surface area contributed by atoms with Gasteiger partial charge in [0.25, 0.3) is 0 Å². The molecule has 7 N–H and O–H groups in total. The van der Waals surface area contributed by atoms with Gasteiger partial charge in [0.15, 0.2) is 6.29 Å². The van der Waals surface area contributed by atoms with Crippen molar-refractivity contribution in [3.8, 4) is 0 Å². The van der Waals surface area contributed by atoms with Crippen molar-refractivity contribution >= 4 is 12.3 Å². The number of nitrogens with two attached hydrogens (primary N) is 1. The number of nitrogens with one attached hydrogen (secondary N) is 4. The van der Waals surface area contributed by atoms with E-state index in [0.29, 0.717) is 25.8 Å². The van der Waals surface area contributed by atoms with Crippen molar-refractivity contribution in [1.29, 1.82) is 0 Å². The van der Waals surface area contributed by atoms with E-state index in [9.17, 15) is 14.7 Å². The Morgan fingerprint density at radius 2 is 2.10 bits per heavy atom. The third kappa shape index (κ3) is 6.32. The van der Waals surface area contributed by atoms with Crippen LogP contribution >= 0.6 is 0 Å². The van der Waals surface area contributed by atoms with Gasteiger partial charge in [-0.25, -0.2) is 0 Å². The number of likely N-dealkylation sites (N-methyl/N-ethyl adjacent to an activating group) is 2. The summed E-state index contributed by atoms with van der Waals surface area (Å²) in [5.74, 6) is -0.340. The minimum Gasteiger partial charge on any atom is -0.389 e. The number of aliphatic hydroxyl groups is 1. The third-order valence-electron chi connectivity index (χ3n) is 5.54. The highest BCUT2D eigenvalue weighted by atomic mass is 16.7. The summed E-state index contributed by atoms with van der Waals surface area (Å²) in [5.41, 5.74) is 6.28. The summed E-state index contributed by atoms with van der Waals surface area (Å²) in [4.78, 5) is 22.5. The number of aliphatic hydroxyl groups excluding tert-OH is 1. The largest absolute Gasteiger partial charge is 0.389 e. The molecule has 2 aliphatic rings. The van der Waals surface area contributed by atoms with Crippen LogP contribution in [0, 0.1) is 0 Å². The van der Waals surface area contributed by atoms with Gasteiger partial charge >= 0.3 is 0 Å². The number of ether oxygens (including phenoxy) is 3. The lowest BCUT2D eigenvalue weighted by Crippen LogP contribution is -2.65. The molecule has 2 rings (SSSR count). The molecule has 1 aliphatic carbocycles. The second-order valence-electron chi connectivity index (χ2n) is 7.51. The third-order valence-corrected chi connectivity index (χ3v) is 5.54. The Morgan fingerprint density at radius 3 is 2.72 bits per heavy atom. The second kappa shape index (κ2) is 11.7. The smallest absolute Gasteiger partial charge is 0.239 e. The number of rotatable bonds is 10. The molecule has 0 spiro atoms. The van der Waals surface area contributed by atoms with Crippen molar-refractivity contribution in [2.75, 3.05) is 34.3 Å². The minimum atomic E-state index is -0.907. The van der Waals surface area contributed by atoms with Gasteiger partial charge in [-0.2, -0.15) is 0 Å². The van der Waals surface area contributed by atoms with Crippen molar-refractivity contribution in [1.82, 2.24) is 21.3 Å². The molecule has 29 heavy (non-hydrogen) atoms. The zero-order valence-electron chi connectivity index (χ0n) is 17.3. The molecule has 11 nitrogen and oxygen atoms in total. The van der Waals surface area contributed by atoms with Gasteiger partial charge in [-0.3, -0.25) is 9.59 Å². The summed E-state index contributed by atoms with van der Waals surface area (Å²) < 4.78 is 17.7. The van der Waals surface area contributed by atoms with E-state index in [0.717, 1.165) is 6.42 Å². The second-order valence-corrected chi connectivity index (χ2v) is 7.51. The minimum absolute atomic E-state index is 0.0879. The van der Waals surface area contributed by atoms with Crippen LogP contribution in [0.2, 0.25) is 0 Å². The van der Waals surface area contributed by atoms with E-state index >= 15 is 0 Å². The first-order valence-electron chi connectivity index (χ1n) is 10.0. The number of hydrogen-bond acceptors (Lipinski definition) is 9. The fourth-order valence-electron chi connectivity index (χ4n) is 4.05.